The second-order valence-corrected chi connectivity index (χ2v) is 7.28. The van der Waals surface area contributed by atoms with Crippen LogP contribution in [0.2, 0.25) is 0 Å². The third kappa shape index (κ3) is 3.00. The highest BCUT2D eigenvalue weighted by Crippen LogP contribution is 2.35. The number of aromatic nitrogens is 3. The van der Waals surface area contributed by atoms with Gasteiger partial charge in [0, 0.05) is 12.6 Å². The molecule has 0 spiro atoms. The molecule has 138 valence electrons. The van der Waals surface area contributed by atoms with Gasteiger partial charge in [-0.3, -0.25) is 14.7 Å². The molecule has 2 aliphatic rings. The number of aromatic amines is 1. The van der Waals surface area contributed by atoms with Gasteiger partial charge in [-0.05, 0) is 38.0 Å². The van der Waals surface area contributed by atoms with E-state index in [-0.39, 0.29) is 6.04 Å². The molecule has 2 aromatic heterocycles. The number of piperidine rings is 1. The van der Waals surface area contributed by atoms with E-state index in [1.165, 1.54) is 19.0 Å². The summed E-state index contributed by atoms with van der Waals surface area (Å²) in [7, 11) is 0. The lowest BCUT2D eigenvalue weighted by atomic mass is 9.89. The maximum atomic E-state index is 12.9. The maximum Gasteiger partial charge on any atom is 0.314 e. The first-order valence-electron chi connectivity index (χ1n) is 9.34. The van der Waals surface area contributed by atoms with Crippen molar-refractivity contribution in [1.29, 1.82) is 0 Å². The molecule has 4 N–H and O–H groups in total. The largest absolute Gasteiger partial charge is 0.383 e. The van der Waals surface area contributed by atoms with E-state index in [4.69, 9.17) is 5.73 Å². The number of likely N-dealkylation sites (tertiary alicyclic amines) is 1. The van der Waals surface area contributed by atoms with Crippen molar-refractivity contribution in [2.24, 2.45) is 5.92 Å². The molecule has 1 saturated heterocycles. The summed E-state index contributed by atoms with van der Waals surface area (Å²) in [5, 5.41) is 10.0. The Kier molecular flexibility index (Phi) is 4.48. The van der Waals surface area contributed by atoms with E-state index in [9.17, 15) is 9.59 Å². The molecule has 2 amide bonds. The number of carbonyl (C=O) groups excluding carboxylic acids is 2. The number of hydrogen-bond acceptors (Lipinski definition) is 5. The number of amides is 2. The van der Waals surface area contributed by atoms with Crippen molar-refractivity contribution in [3.8, 4) is 0 Å². The average molecular weight is 356 g/mol. The number of anilines is 2. The summed E-state index contributed by atoms with van der Waals surface area (Å²) in [6, 6.07) is 0.196. The van der Waals surface area contributed by atoms with Gasteiger partial charge in [0.25, 0.3) is 0 Å². The number of carbonyl (C=O) groups is 2. The summed E-state index contributed by atoms with van der Waals surface area (Å²) in [5.41, 5.74) is 6.80. The van der Waals surface area contributed by atoms with Gasteiger partial charge >= 0.3 is 11.8 Å². The lowest BCUT2D eigenvalue weighted by molar-refractivity contribution is -0.146. The standard InChI is InChI=1S/C18H24N6O2/c19-16-12-9-21-23-15(12)13(10-20-16)22-17(25)18(26)24-8-4-3-7-14(24)11-5-1-2-6-11/h9-11,14H,1-8H2,(H2,19,20)(H,21,23)(H,22,25)/t14-/m1/s1. The average Bonchev–Trinajstić information content (AvgIpc) is 3.35. The quantitative estimate of drug-likeness (QED) is 0.712. The lowest BCUT2D eigenvalue weighted by Gasteiger charge is -2.38. The normalized spacial score (nSPS) is 21.2. The number of H-pyrrole nitrogens is 1. The summed E-state index contributed by atoms with van der Waals surface area (Å²) in [6.07, 6.45) is 10.9. The van der Waals surface area contributed by atoms with Crippen LogP contribution in [0.5, 0.6) is 0 Å². The molecule has 2 fully saturated rings. The topological polar surface area (TPSA) is 117 Å². The van der Waals surface area contributed by atoms with Crippen LogP contribution in [0.25, 0.3) is 10.9 Å². The van der Waals surface area contributed by atoms with E-state index in [1.54, 1.807) is 11.1 Å². The van der Waals surface area contributed by atoms with Crippen LogP contribution in [0, 0.1) is 5.92 Å². The number of hydrogen-bond donors (Lipinski definition) is 3. The number of pyridine rings is 1. The molecule has 26 heavy (non-hydrogen) atoms. The predicted octanol–water partition coefficient (Wildman–Crippen LogP) is 2.05. The zero-order valence-corrected chi connectivity index (χ0v) is 14.7. The minimum Gasteiger partial charge on any atom is -0.383 e. The number of fused-ring (bicyclic) bond motifs is 1. The third-order valence-corrected chi connectivity index (χ3v) is 5.71. The fourth-order valence-corrected chi connectivity index (χ4v) is 4.40. The van der Waals surface area contributed by atoms with E-state index in [1.807, 2.05) is 0 Å². The molecule has 0 radical (unpaired) electrons. The molecule has 1 saturated carbocycles. The maximum absolute atomic E-state index is 12.9. The van der Waals surface area contributed by atoms with Crippen molar-refractivity contribution in [3.63, 3.8) is 0 Å². The smallest absolute Gasteiger partial charge is 0.314 e. The molecule has 4 rings (SSSR count). The molecule has 1 atom stereocenters. The second kappa shape index (κ2) is 6.93. The highest BCUT2D eigenvalue weighted by Gasteiger charge is 2.36. The van der Waals surface area contributed by atoms with Crippen molar-refractivity contribution < 1.29 is 9.59 Å². The summed E-state index contributed by atoms with van der Waals surface area (Å²) < 4.78 is 0. The van der Waals surface area contributed by atoms with Gasteiger partial charge in [-0.1, -0.05) is 12.8 Å². The molecule has 3 heterocycles. The molecule has 0 aromatic carbocycles. The van der Waals surface area contributed by atoms with E-state index in [2.05, 4.69) is 20.5 Å². The lowest BCUT2D eigenvalue weighted by Crippen LogP contribution is -2.50. The van der Waals surface area contributed by atoms with E-state index in [0.29, 0.717) is 34.9 Å². The fourth-order valence-electron chi connectivity index (χ4n) is 4.40. The minimum absolute atomic E-state index is 0.196. The summed E-state index contributed by atoms with van der Waals surface area (Å²) in [6.45, 7) is 0.660. The highest BCUT2D eigenvalue weighted by atomic mass is 16.2. The summed E-state index contributed by atoms with van der Waals surface area (Å²) >= 11 is 0. The second-order valence-electron chi connectivity index (χ2n) is 7.28. The number of nitrogens with one attached hydrogen (secondary N) is 2. The fraction of sp³-hybridized carbons (Fsp3) is 0.556. The summed E-state index contributed by atoms with van der Waals surface area (Å²) in [4.78, 5) is 31.3. The molecule has 0 bridgehead atoms. The molecule has 2 aromatic rings. The van der Waals surface area contributed by atoms with Crippen LogP contribution in [-0.4, -0.2) is 44.5 Å². The Labute approximate surface area is 151 Å². The molecule has 8 heteroatoms. The number of nitrogen functional groups attached to an aromatic ring is 1. The van der Waals surface area contributed by atoms with E-state index < -0.39 is 11.8 Å². The Morgan fingerprint density at radius 1 is 1.15 bits per heavy atom. The monoisotopic (exact) mass is 356 g/mol. The summed E-state index contributed by atoms with van der Waals surface area (Å²) in [5.74, 6) is -0.219. The Morgan fingerprint density at radius 3 is 2.73 bits per heavy atom. The predicted molar refractivity (Wildman–Crippen MR) is 98.2 cm³/mol. The van der Waals surface area contributed by atoms with Crippen LogP contribution in [0.4, 0.5) is 11.5 Å². The van der Waals surface area contributed by atoms with Crippen molar-refractivity contribution >= 4 is 34.2 Å². The van der Waals surface area contributed by atoms with Crippen LogP contribution in [0.15, 0.2) is 12.4 Å². The molecule has 0 unspecified atom stereocenters. The third-order valence-electron chi connectivity index (χ3n) is 5.71. The van der Waals surface area contributed by atoms with E-state index >= 15 is 0 Å². The van der Waals surface area contributed by atoms with Gasteiger partial charge < -0.3 is 16.0 Å². The van der Waals surface area contributed by atoms with Crippen LogP contribution < -0.4 is 11.1 Å². The van der Waals surface area contributed by atoms with Gasteiger partial charge in [0.2, 0.25) is 0 Å². The number of nitrogens with zero attached hydrogens (tertiary/aromatic N) is 3. The van der Waals surface area contributed by atoms with Crippen LogP contribution in [0.1, 0.15) is 44.9 Å². The Hall–Kier alpha value is -2.64. The van der Waals surface area contributed by atoms with Gasteiger partial charge in [-0.2, -0.15) is 5.10 Å². The first-order valence-corrected chi connectivity index (χ1v) is 9.34. The van der Waals surface area contributed by atoms with Crippen LogP contribution in [-0.2, 0) is 9.59 Å². The number of rotatable bonds is 2. The van der Waals surface area contributed by atoms with Crippen molar-refractivity contribution in [3.05, 3.63) is 12.4 Å². The molecule has 1 aliphatic heterocycles. The van der Waals surface area contributed by atoms with Crippen molar-refractivity contribution in [2.75, 3.05) is 17.6 Å². The van der Waals surface area contributed by atoms with Crippen LogP contribution >= 0.6 is 0 Å². The van der Waals surface area contributed by atoms with Gasteiger partial charge in [-0.25, -0.2) is 4.98 Å². The van der Waals surface area contributed by atoms with Crippen molar-refractivity contribution in [1.82, 2.24) is 20.1 Å². The first-order chi connectivity index (χ1) is 12.6. The Morgan fingerprint density at radius 2 is 1.92 bits per heavy atom. The van der Waals surface area contributed by atoms with Gasteiger partial charge in [0.1, 0.15) is 5.82 Å². The van der Waals surface area contributed by atoms with Crippen molar-refractivity contribution in [2.45, 2.75) is 51.0 Å². The SMILES string of the molecule is Nc1ncc(NC(=O)C(=O)N2CCCC[C@@H]2C2CCCC2)c2[nH]ncc12. The van der Waals surface area contributed by atoms with Gasteiger partial charge in [-0.15, -0.1) is 0 Å². The molecular weight excluding hydrogens is 332 g/mol. The van der Waals surface area contributed by atoms with E-state index in [0.717, 1.165) is 32.1 Å². The Bertz CT molecular complexity index is 826. The molecule has 8 nitrogen and oxygen atoms in total. The highest BCUT2D eigenvalue weighted by molar-refractivity contribution is 6.40. The zero-order chi connectivity index (χ0) is 18.1. The molecular formula is C18H24N6O2. The number of nitrogens with two attached hydrogens (primary N) is 1. The Balaban J connectivity index is 1.52. The minimum atomic E-state index is -0.627. The molecule has 1 aliphatic carbocycles. The first kappa shape index (κ1) is 16.8. The van der Waals surface area contributed by atoms with Gasteiger partial charge in [0.15, 0.2) is 0 Å². The van der Waals surface area contributed by atoms with Gasteiger partial charge in [0.05, 0.1) is 29.0 Å². The van der Waals surface area contributed by atoms with Crippen LogP contribution in [0.3, 0.4) is 0 Å². The zero-order valence-electron chi connectivity index (χ0n) is 14.7.